The van der Waals surface area contributed by atoms with E-state index in [1.807, 2.05) is 19.9 Å². The fraction of sp³-hybridized carbons (Fsp3) is 0.643. The summed E-state index contributed by atoms with van der Waals surface area (Å²) in [5, 5.41) is 0. The molecule has 0 bridgehead atoms. The van der Waals surface area contributed by atoms with Crippen LogP contribution < -0.4 is 5.73 Å². The molecule has 0 amide bonds. The second kappa shape index (κ2) is 6.64. The van der Waals surface area contributed by atoms with Gasteiger partial charge in [-0.1, -0.05) is 25.5 Å². The molecule has 1 atom stereocenters. The van der Waals surface area contributed by atoms with E-state index < -0.39 is 0 Å². The average molecular weight is 222 g/mol. The zero-order valence-corrected chi connectivity index (χ0v) is 11.4. The van der Waals surface area contributed by atoms with Crippen LogP contribution in [-0.2, 0) is 0 Å². The van der Waals surface area contributed by atoms with Gasteiger partial charge in [0.2, 0.25) is 0 Å². The van der Waals surface area contributed by atoms with E-state index in [0.29, 0.717) is 6.54 Å². The lowest BCUT2D eigenvalue weighted by Crippen LogP contribution is -2.23. The molecule has 2 nitrogen and oxygen atoms in total. The van der Waals surface area contributed by atoms with E-state index in [1.165, 1.54) is 5.57 Å². The minimum absolute atomic E-state index is 0.172. The minimum atomic E-state index is 0.172. The monoisotopic (exact) mass is 222 g/mol. The normalized spacial score (nSPS) is 16.1. The first-order chi connectivity index (χ1) is 7.30. The summed E-state index contributed by atoms with van der Waals surface area (Å²) in [5.74, 6) is 0. The van der Waals surface area contributed by atoms with E-state index in [9.17, 15) is 0 Å². The summed E-state index contributed by atoms with van der Waals surface area (Å²) in [6, 6.07) is 0.187. The van der Waals surface area contributed by atoms with Gasteiger partial charge < -0.3 is 5.73 Å². The highest BCUT2D eigenvalue weighted by Crippen LogP contribution is 2.23. The fourth-order valence-corrected chi connectivity index (χ4v) is 1.65. The van der Waals surface area contributed by atoms with Gasteiger partial charge in [-0.05, 0) is 45.2 Å². The topological polar surface area (TPSA) is 38.4 Å². The lowest BCUT2D eigenvalue weighted by atomic mass is 9.86. The second-order valence-corrected chi connectivity index (χ2v) is 5.28. The van der Waals surface area contributed by atoms with Crippen molar-refractivity contribution in [3.05, 3.63) is 24.3 Å². The molecule has 0 saturated carbocycles. The summed E-state index contributed by atoms with van der Waals surface area (Å²) in [7, 11) is 0. The third kappa shape index (κ3) is 6.57. The molecule has 2 heteroatoms. The summed E-state index contributed by atoms with van der Waals surface area (Å²) in [5.41, 5.74) is 8.27. The van der Waals surface area contributed by atoms with Crippen molar-refractivity contribution in [3.8, 4) is 0 Å². The Morgan fingerprint density at radius 2 is 2.00 bits per heavy atom. The van der Waals surface area contributed by atoms with Crippen LogP contribution in [-0.4, -0.2) is 18.3 Å². The Bertz CT molecular complexity index is 285. The maximum Gasteiger partial charge on any atom is 0.0652 e. The molecule has 1 unspecified atom stereocenters. The molecule has 0 aromatic rings. The molecule has 0 aliphatic rings. The first-order valence-corrected chi connectivity index (χ1v) is 5.85. The fourth-order valence-electron chi connectivity index (χ4n) is 1.65. The third-order valence-electron chi connectivity index (χ3n) is 2.51. The van der Waals surface area contributed by atoms with Crippen LogP contribution in [0, 0.1) is 5.41 Å². The first-order valence-electron chi connectivity index (χ1n) is 5.85. The van der Waals surface area contributed by atoms with Crippen LogP contribution in [0.2, 0.25) is 0 Å². The lowest BCUT2D eigenvalue weighted by Gasteiger charge is -2.22. The van der Waals surface area contributed by atoms with E-state index in [-0.39, 0.29) is 11.5 Å². The number of nitrogens with two attached hydrogens (primary N) is 1. The van der Waals surface area contributed by atoms with E-state index in [4.69, 9.17) is 5.73 Å². The molecule has 0 aromatic carbocycles. The molecule has 0 rings (SSSR count). The molecule has 0 radical (unpaired) electrons. The molecule has 0 heterocycles. The predicted octanol–water partition coefficient (Wildman–Crippen LogP) is 3.34. The highest BCUT2D eigenvalue weighted by molar-refractivity contribution is 5.93. The molecule has 0 saturated heterocycles. The van der Waals surface area contributed by atoms with Crippen molar-refractivity contribution in [2.75, 3.05) is 6.54 Å². The van der Waals surface area contributed by atoms with Crippen LogP contribution in [0.5, 0.6) is 0 Å². The Hall–Kier alpha value is -0.890. The maximum absolute atomic E-state index is 5.72. The zero-order chi connectivity index (χ0) is 12.8. The molecular formula is C14H26N2. The van der Waals surface area contributed by atoms with Gasteiger partial charge in [-0.3, -0.25) is 4.99 Å². The molecule has 0 aliphatic carbocycles. The summed E-state index contributed by atoms with van der Waals surface area (Å²) >= 11 is 0. The van der Waals surface area contributed by atoms with Crippen LogP contribution in [0.4, 0.5) is 0 Å². The van der Waals surface area contributed by atoms with Gasteiger partial charge in [-0.2, -0.15) is 0 Å². The van der Waals surface area contributed by atoms with Gasteiger partial charge in [0.05, 0.1) is 6.04 Å². The number of nitrogens with zero attached hydrogens (tertiary/aromatic N) is 1. The minimum Gasteiger partial charge on any atom is -0.330 e. The van der Waals surface area contributed by atoms with Gasteiger partial charge in [0.25, 0.3) is 0 Å². The Balaban J connectivity index is 4.54. The number of aliphatic imine (C=N–C) groups is 1. The number of rotatable bonds is 6. The highest BCUT2D eigenvalue weighted by atomic mass is 14.8. The molecule has 0 fully saturated rings. The van der Waals surface area contributed by atoms with E-state index in [2.05, 4.69) is 38.4 Å². The quantitative estimate of drug-likeness (QED) is 0.543. The summed E-state index contributed by atoms with van der Waals surface area (Å²) < 4.78 is 0. The van der Waals surface area contributed by atoms with Gasteiger partial charge in [-0.15, -0.1) is 6.58 Å². The second-order valence-electron chi connectivity index (χ2n) is 5.28. The number of hydrogen-bond acceptors (Lipinski definition) is 2. The molecule has 16 heavy (non-hydrogen) atoms. The van der Waals surface area contributed by atoms with Crippen LogP contribution >= 0.6 is 0 Å². The van der Waals surface area contributed by atoms with Crippen LogP contribution in [0.3, 0.4) is 0 Å². The molecule has 0 aromatic heterocycles. The van der Waals surface area contributed by atoms with Crippen molar-refractivity contribution < 1.29 is 0 Å². The highest BCUT2D eigenvalue weighted by Gasteiger charge is 2.15. The Morgan fingerprint density at radius 1 is 1.44 bits per heavy atom. The van der Waals surface area contributed by atoms with Gasteiger partial charge in [-0.25, -0.2) is 0 Å². The van der Waals surface area contributed by atoms with E-state index in [1.54, 1.807) is 0 Å². The van der Waals surface area contributed by atoms with Gasteiger partial charge >= 0.3 is 0 Å². The maximum atomic E-state index is 5.72. The van der Waals surface area contributed by atoms with Crippen molar-refractivity contribution in [3.63, 3.8) is 0 Å². The smallest absolute Gasteiger partial charge is 0.0652 e. The van der Waals surface area contributed by atoms with Crippen molar-refractivity contribution in [1.82, 2.24) is 0 Å². The van der Waals surface area contributed by atoms with Crippen molar-refractivity contribution in [2.24, 2.45) is 16.1 Å². The SMILES string of the molecule is C=CC(C)N=C(C)/C=C(/C)CC(C)(C)CN. The van der Waals surface area contributed by atoms with E-state index in [0.717, 1.165) is 12.1 Å². The van der Waals surface area contributed by atoms with Crippen molar-refractivity contribution >= 4 is 5.71 Å². The zero-order valence-electron chi connectivity index (χ0n) is 11.4. The molecule has 0 spiro atoms. The van der Waals surface area contributed by atoms with Crippen LogP contribution in [0.25, 0.3) is 0 Å². The Labute approximate surface area is 100 Å². The lowest BCUT2D eigenvalue weighted by molar-refractivity contribution is 0.375. The average Bonchev–Trinajstić information content (AvgIpc) is 2.16. The summed E-state index contributed by atoms with van der Waals surface area (Å²) in [6.45, 7) is 15.0. The van der Waals surface area contributed by atoms with Gasteiger partial charge in [0, 0.05) is 5.71 Å². The van der Waals surface area contributed by atoms with Crippen molar-refractivity contribution in [2.45, 2.75) is 47.1 Å². The van der Waals surface area contributed by atoms with E-state index >= 15 is 0 Å². The number of hydrogen-bond donors (Lipinski definition) is 1. The first kappa shape index (κ1) is 15.1. The molecular weight excluding hydrogens is 196 g/mol. The third-order valence-corrected chi connectivity index (χ3v) is 2.51. The largest absolute Gasteiger partial charge is 0.330 e. The Kier molecular flexibility index (Phi) is 6.27. The Morgan fingerprint density at radius 3 is 2.44 bits per heavy atom. The standard InChI is InChI=1S/C14H26N2/c1-7-12(3)16-13(4)8-11(2)9-14(5,6)10-15/h7-8,12H,1,9-10,15H2,2-6H3/b11-8-,16-13?. The molecule has 92 valence electrons. The van der Waals surface area contributed by atoms with Gasteiger partial charge in [0.1, 0.15) is 0 Å². The summed E-state index contributed by atoms with van der Waals surface area (Å²) in [4.78, 5) is 4.48. The predicted molar refractivity (Wildman–Crippen MR) is 74.0 cm³/mol. The molecule has 2 N–H and O–H groups in total. The summed E-state index contributed by atoms with van der Waals surface area (Å²) in [6.07, 6.45) is 4.99. The van der Waals surface area contributed by atoms with Gasteiger partial charge in [0.15, 0.2) is 0 Å². The van der Waals surface area contributed by atoms with Crippen LogP contribution in [0.15, 0.2) is 29.3 Å². The van der Waals surface area contributed by atoms with Crippen LogP contribution in [0.1, 0.15) is 41.0 Å². The number of allylic oxidation sites excluding steroid dienone is 2. The van der Waals surface area contributed by atoms with Crippen molar-refractivity contribution in [1.29, 1.82) is 0 Å². The molecule has 0 aliphatic heterocycles.